The minimum atomic E-state index is -3.55. The quantitative estimate of drug-likeness (QED) is 0.798. The number of rotatable bonds is 8. The minimum absolute atomic E-state index is 0.0312. The number of nitrogens with one attached hydrogen (secondary N) is 1. The molecule has 0 bridgehead atoms. The average Bonchev–Trinajstić information content (AvgIpc) is 2.44. The van der Waals surface area contributed by atoms with Gasteiger partial charge in [0, 0.05) is 6.04 Å². The highest BCUT2D eigenvalue weighted by molar-refractivity contribution is 7.92. The lowest BCUT2D eigenvalue weighted by molar-refractivity contribution is -0.122. The van der Waals surface area contributed by atoms with Gasteiger partial charge in [-0.3, -0.25) is 9.10 Å². The van der Waals surface area contributed by atoms with Gasteiger partial charge in [0.1, 0.15) is 6.04 Å². The van der Waals surface area contributed by atoms with Crippen LogP contribution >= 0.6 is 0 Å². The molecule has 0 radical (unpaired) electrons. The Morgan fingerprint density at radius 2 is 1.82 bits per heavy atom. The van der Waals surface area contributed by atoms with Gasteiger partial charge in [0.15, 0.2) is 0 Å². The Labute approximate surface area is 133 Å². The second-order valence-electron chi connectivity index (χ2n) is 5.52. The van der Waals surface area contributed by atoms with Gasteiger partial charge in [-0.25, -0.2) is 8.42 Å². The Morgan fingerprint density at radius 1 is 1.23 bits per heavy atom. The number of carbonyl (C=O) groups is 1. The Hall–Kier alpha value is -1.56. The van der Waals surface area contributed by atoms with E-state index in [4.69, 9.17) is 0 Å². The van der Waals surface area contributed by atoms with Crippen molar-refractivity contribution in [2.45, 2.75) is 52.1 Å². The third kappa shape index (κ3) is 5.02. The number of anilines is 1. The number of hydrogen-bond acceptors (Lipinski definition) is 3. The number of benzene rings is 1. The van der Waals surface area contributed by atoms with Gasteiger partial charge in [0.25, 0.3) is 0 Å². The van der Waals surface area contributed by atoms with Gasteiger partial charge < -0.3 is 5.32 Å². The molecule has 5 nitrogen and oxygen atoms in total. The highest BCUT2D eigenvalue weighted by atomic mass is 32.2. The number of nitrogens with zero attached hydrogens (tertiary/aromatic N) is 1. The van der Waals surface area contributed by atoms with E-state index in [9.17, 15) is 13.2 Å². The van der Waals surface area contributed by atoms with Crippen molar-refractivity contribution < 1.29 is 13.2 Å². The first kappa shape index (κ1) is 18.5. The molecular formula is C16H26N2O3S. The van der Waals surface area contributed by atoms with Gasteiger partial charge in [0.05, 0.1) is 11.9 Å². The van der Waals surface area contributed by atoms with Crippen LogP contribution in [0.1, 0.15) is 40.0 Å². The first-order valence-corrected chi connectivity index (χ1v) is 9.50. The first-order chi connectivity index (χ1) is 10.3. The molecule has 0 heterocycles. The van der Waals surface area contributed by atoms with Crippen molar-refractivity contribution in [2.24, 2.45) is 0 Å². The SMILES string of the molecule is CCC[C@@H](C)NC(=O)[C@@H](CC)N(c1ccccc1)S(C)(=O)=O. The summed E-state index contributed by atoms with van der Waals surface area (Å²) in [5.41, 5.74) is 0.509. The standard InChI is InChI=1S/C16H26N2O3S/c1-5-10-13(3)17-16(19)15(6-2)18(22(4,20)21)14-11-8-7-9-12-14/h7-9,11-13,15H,5-6,10H2,1-4H3,(H,17,19)/t13-,15-/m1/s1. The topological polar surface area (TPSA) is 66.5 Å². The minimum Gasteiger partial charge on any atom is -0.352 e. The van der Waals surface area contributed by atoms with Crippen molar-refractivity contribution in [3.05, 3.63) is 30.3 Å². The lowest BCUT2D eigenvalue weighted by Gasteiger charge is -2.31. The summed E-state index contributed by atoms with van der Waals surface area (Å²) in [6.45, 7) is 5.80. The van der Waals surface area contributed by atoms with E-state index in [2.05, 4.69) is 5.32 Å². The maximum atomic E-state index is 12.5. The van der Waals surface area contributed by atoms with Crippen LogP contribution in [0.4, 0.5) is 5.69 Å². The van der Waals surface area contributed by atoms with Crippen LogP contribution in [0, 0.1) is 0 Å². The molecule has 2 atom stereocenters. The van der Waals surface area contributed by atoms with E-state index >= 15 is 0 Å². The van der Waals surface area contributed by atoms with Crippen LogP contribution in [0.25, 0.3) is 0 Å². The molecule has 0 aliphatic carbocycles. The maximum Gasteiger partial charge on any atom is 0.244 e. The molecule has 0 aromatic heterocycles. The lowest BCUT2D eigenvalue weighted by atomic mass is 10.1. The number of amides is 1. The third-order valence-electron chi connectivity index (χ3n) is 3.45. The van der Waals surface area contributed by atoms with Crippen LogP contribution in [0.5, 0.6) is 0 Å². The zero-order valence-corrected chi connectivity index (χ0v) is 14.6. The molecule has 22 heavy (non-hydrogen) atoms. The average molecular weight is 326 g/mol. The van der Waals surface area contributed by atoms with Crippen LogP contribution in [0.3, 0.4) is 0 Å². The summed E-state index contributed by atoms with van der Waals surface area (Å²) in [6, 6.07) is 8.03. The molecule has 1 aromatic carbocycles. The number of hydrogen-bond donors (Lipinski definition) is 1. The normalized spacial score (nSPS) is 14.2. The van der Waals surface area contributed by atoms with Crippen molar-refractivity contribution in [2.75, 3.05) is 10.6 Å². The molecule has 1 rings (SSSR count). The van der Waals surface area contributed by atoms with E-state index < -0.39 is 16.1 Å². The number of sulfonamides is 1. The fourth-order valence-electron chi connectivity index (χ4n) is 2.48. The summed E-state index contributed by atoms with van der Waals surface area (Å²) in [6.07, 6.45) is 3.37. The summed E-state index contributed by atoms with van der Waals surface area (Å²) in [7, 11) is -3.55. The zero-order valence-electron chi connectivity index (χ0n) is 13.7. The van der Waals surface area contributed by atoms with Crippen molar-refractivity contribution in [3.63, 3.8) is 0 Å². The predicted octanol–water partition coefficient (Wildman–Crippen LogP) is 2.54. The summed E-state index contributed by atoms with van der Waals surface area (Å²) in [5, 5.41) is 2.91. The Kier molecular flexibility index (Phi) is 6.87. The highest BCUT2D eigenvalue weighted by Gasteiger charge is 2.31. The molecule has 0 spiro atoms. The van der Waals surface area contributed by atoms with Gasteiger partial charge in [-0.15, -0.1) is 0 Å². The molecule has 0 saturated carbocycles. The van der Waals surface area contributed by atoms with Crippen LogP contribution in [0.2, 0.25) is 0 Å². The third-order valence-corrected chi connectivity index (χ3v) is 4.63. The molecule has 0 fully saturated rings. The fourth-order valence-corrected chi connectivity index (χ4v) is 3.69. The van der Waals surface area contributed by atoms with Crippen molar-refractivity contribution in [1.82, 2.24) is 5.32 Å². The van der Waals surface area contributed by atoms with Crippen molar-refractivity contribution in [1.29, 1.82) is 0 Å². The molecule has 0 saturated heterocycles. The van der Waals surface area contributed by atoms with Crippen LogP contribution in [-0.2, 0) is 14.8 Å². The zero-order chi connectivity index (χ0) is 16.8. The second kappa shape index (κ2) is 8.17. The van der Waals surface area contributed by atoms with Gasteiger partial charge in [-0.2, -0.15) is 0 Å². The molecule has 6 heteroatoms. The number of carbonyl (C=O) groups excluding carboxylic acids is 1. The highest BCUT2D eigenvalue weighted by Crippen LogP contribution is 2.22. The van der Waals surface area contributed by atoms with Gasteiger partial charge in [0.2, 0.25) is 15.9 Å². The fraction of sp³-hybridized carbons (Fsp3) is 0.562. The molecule has 0 aliphatic heterocycles. The van der Waals surface area contributed by atoms with Gasteiger partial charge in [-0.05, 0) is 31.9 Å². The Balaban J connectivity index is 3.08. The molecule has 124 valence electrons. The monoisotopic (exact) mass is 326 g/mol. The van der Waals surface area contributed by atoms with Gasteiger partial charge >= 0.3 is 0 Å². The first-order valence-electron chi connectivity index (χ1n) is 7.66. The smallest absolute Gasteiger partial charge is 0.244 e. The van der Waals surface area contributed by atoms with Crippen molar-refractivity contribution >= 4 is 21.6 Å². The van der Waals surface area contributed by atoms with E-state index in [1.165, 1.54) is 4.31 Å². The molecule has 1 aromatic rings. The van der Waals surface area contributed by atoms with Crippen LogP contribution in [0.15, 0.2) is 30.3 Å². The van der Waals surface area contributed by atoms with E-state index in [-0.39, 0.29) is 11.9 Å². The van der Waals surface area contributed by atoms with Crippen LogP contribution < -0.4 is 9.62 Å². The molecule has 1 N–H and O–H groups in total. The summed E-state index contributed by atoms with van der Waals surface area (Å²) >= 11 is 0. The Bertz CT molecular complexity index is 572. The summed E-state index contributed by atoms with van der Waals surface area (Å²) < 4.78 is 25.6. The maximum absolute atomic E-state index is 12.5. The molecular weight excluding hydrogens is 300 g/mol. The van der Waals surface area contributed by atoms with Crippen molar-refractivity contribution in [3.8, 4) is 0 Å². The number of para-hydroxylation sites is 1. The summed E-state index contributed by atoms with van der Waals surface area (Å²) in [4.78, 5) is 12.5. The lowest BCUT2D eigenvalue weighted by Crippen LogP contribution is -2.51. The van der Waals surface area contributed by atoms with E-state index in [0.717, 1.165) is 19.1 Å². The Morgan fingerprint density at radius 3 is 2.27 bits per heavy atom. The van der Waals surface area contributed by atoms with Gasteiger partial charge in [-0.1, -0.05) is 38.5 Å². The van der Waals surface area contributed by atoms with E-state index in [0.29, 0.717) is 12.1 Å². The second-order valence-corrected chi connectivity index (χ2v) is 7.38. The van der Waals surface area contributed by atoms with E-state index in [1.807, 2.05) is 26.8 Å². The molecule has 0 unspecified atom stereocenters. The largest absolute Gasteiger partial charge is 0.352 e. The predicted molar refractivity (Wildman–Crippen MR) is 90.4 cm³/mol. The summed E-state index contributed by atoms with van der Waals surface area (Å²) in [5.74, 6) is -0.252. The molecule has 1 amide bonds. The van der Waals surface area contributed by atoms with E-state index in [1.54, 1.807) is 24.3 Å². The van der Waals surface area contributed by atoms with Crippen LogP contribution in [-0.4, -0.2) is 32.7 Å². The molecule has 0 aliphatic rings.